The van der Waals surface area contributed by atoms with Gasteiger partial charge in [-0.05, 0) is 79.0 Å². The fourth-order valence-corrected chi connectivity index (χ4v) is 5.47. The highest BCUT2D eigenvalue weighted by molar-refractivity contribution is 5.81. The van der Waals surface area contributed by atoms with Crippen LogP contribution in [0.4, 0.5) is 24.8 Å². The van der Waals surface area contributed by atoms with E-state index in [1.165, 1.54) is 19.2 Å². The number of methoxy groups -OCH3 is 1. The zero-order valence-electron chi connectivity index (χ0n) is 21.0. The molecule has 4 rings (SSSR count). The van der Waals surface area contributed by atoms with Crippen molar-refractivity contribution >= 4 is 28.6 Å². The van der Waals surface area contributed by atoms with Gasteiger partial charge in [-0.3, -0.25) is 4.79 Å². The summed E-state index contributed by atoms with van der Waals surface area (Å²) in [6.07, 6.45) is -0.761. The van der Waals surface area contributed by atoms with Crippen LogP contribution in [0.2, 0.25) is 0 Å². The van der Waals surface area contributed by atoms with Crippen LogP contribution >= 0.6 is 0 Å². The van der Waals surface area contributed by atoms with Gasteiger partial charge in [-0.15, -0.1) is 13.2 Å². The molecule has 1 heterocycles. The summed E-state index contributed by atoms with van der Waals surface area (Å²) >= 11 is 0. The smallest absolute Gasteiger partial charge is 0.469 e. The number of nitrogens with zero attached hydrogens (tertiary/aromatic N) is 2. The van der Waals surface area contributed by atoms with Gasteiger partial charge in [0.05, 0.1) is 18.1 Å². The van der Waals surface area contributed by atoms with Crippen molar-refractivity contribution in [3.8, 4) is 5.75 Å². The molecule has 0 saturated heterocycles. The van der Waals surface area contributed by atoms with Gasteiger partial charge >= 0.3 is 12.3 Å². The summed E-state index contributed by atoms with van der Waals surface area (Å²) in [5.41, 5.74) is 3.54. The van der Waals surface area contributed by atoms with Crippen LogP contribution in [-0.4, -0.2) is 29.0 Å². The number of esters is 1. The SMILES string of the molecule is COC(=O)CCc1ccc2c(c1)nc(Nc1ccc(OC(F)(F)F)cc1)n2[C@@H]1C[C@H](C)CC(C)(C)C1. The van der Waals surface area contributed by atoms with Gasteiger partial charge in [-0.2, -0.15) is 0 Å². The number of hydrogen-bond donors (Lipinski definition) is 1. The van der Waals surface area contributed by atoms with Gasteiger partial charge in [0.25, 0.3) is 0 Å². The van der Waals surface area contributed by atoms with E-state index in [4.69, 9.17) is 9.72 Å². The first-order valence-electron chi connectivity index (χ1n) is 12.1. The van der Waals surface area contributed by atoms with E-state index in [9.17, 15) is 18.0 Å². The predicted octanol–water partition coefficient (Wildman–Crippen LogP) is 7.17. The molecule has 9 heteroatoms. The second kappa shape index (κ2) is 10.0. The highest BCUT2D eigenvalue weighted by Gasteiger charge is 2.35. The lowest BCUT2D eigenvalue weighted by atomic mass is 9.70. The van der Waals surface area contributed by atoms with Crippen LogP contribution in [0.5, 0.6) is 5.75 Å². The maximum absolute atomic E-state index is 12.5. The number of anilines is 2. The van der Waals surface area contributed by atoms with Crippen LogP contribution in [0.1, 0.15) is 58.1 Å². The van der Waals surface area contributed by atoms with E-state index in [-0.39, 0.29) is 29.6 Å². The molecule has 1 aliphatic carbocycles. The van der Waals surface area contributed by atoms with Gasteiger partial charge in [-0.25, -0.2) is 4.98 Å². The monoisotopic (exact) mass is 503 g/mol. The average Bonchev–Trinajstić information content (AvgIpc) is 3.13. The Morgan fingerprint density at radius 3 is 2.53 bits per heavy atom. The molecule has 2 aromatic carbocycles. The molecule has 1 saturated carbocycles. The molecule has 0 amide bonds. The maximum atomic E-state index is 12.5. The summed E-state index contributed by atoms with van der Waals surface area (Å²) in [7, 11) is 1.37. The van der Waals surface area contributed by atoms with Gasteiger partial charge in [0.1, 0.15) is 5.75 Å². The summed E-state index contributed by atoms with van der Waals surface area (Å²) in [5, 5.41) is 3.31. The van der Waals surface area contributed by atoms with Crippen LogP contribution in [0.3, 0.4) is 0 Å². The van der Waals surface area contributed by atoms with Crippen molar-refractivity contribution < 1.29 is 27.4 Å². The van der Waals surface area contributed by atoms with Crippen molar-refractivity contribution in [1.29, 1.82) is 0 Å². The lowest BCUT2D eigenvalue weighted by Crippen LogP contribution is -2.29. The summed E-state index contributed by atoms with van der Waals surface area (Å²) in [6, 6.07) is 11.9. The molecular weight excluding hydrogens is 471 g/mol. The van der Waals surface area contributed by atoms with E-state index in [0.717, 1.165) is 35.9 Å². The molecule has 1 N–H and O–H groups in total. The third-order valence-electron chi connectivity index (χ3n) is 6.67. The molecule has 2 atom stereocenters. The summed E-state index contributed by atoms with van der Waals surface area (Å²) in [5.74, 6) is 0.635. The topological polar surface area (TPSA) is 65.4 Å². The minimum absolute atomic E-state index is 0.174. The number of carbonyl (C=O) groups is 1. The van der Waals surface area contributed by atoms with Crippen molar-refractivity contribution in [2.45, 2.75) is 65.3 Å². The molecule has 1 aromatic heterocycles. The number of rotatable bonds is 7. The number of benzene rings is 2. The molecule has 0 spiro atoms. The largest absolute Gasteiger partial charge is 0.573 e. The van der Waals surface area contributed by atoms with Crippen molar-refractivity contribution in [1.82, 2.24) is 9.55 Å². The Labute approximate surface area is 208 Å². The van der Waals surface area contributed by atoms with Crippen LogP contribution in [0, 0.1) is 11.3 Å². The van der Waals surface area contributed by atoms with Crippen molar-refractivity contribution in [3.63, 3.8) is 0 Å². The van der Waals surface area contributed by atoms with Gasteiger partial charge < -0.3 is 19.4 Å². The highest BCUT2D eigenvalue weighted by atomic mass is 19.4. The molecule has 194 valence electrons. The standard InChI is InChI=1S/C27H32F3N3O3/c1-17-13-20(16-26(2,3)15-17)33-23-11-5-18(6-12-24(34)35-4)14-22(23)32-25(33)31-19-7-9-21(10-8-19)36-27(28,29)30/h5,7-11,14,17,20H,6,12-13,15-16H2,1-4H3,(H,31,32)/t17-,20+/m0/s1. The van der Waals surface area contributed by atoms with Crippen LogP contribution < -0.4 is 10.1 Å². The molecule has 36 heavy (non-hydrogen) atoms. The zero-order valence-corrected chi connectivity index (χ0v) is 21.0. The third kappa shape index (κ3) is 6.30. The first-order valence-corrected chi connectivity index (χ1v) is 12.1. The normalized spacial score (nSPS) is 19.8. The number of carbonyl (C=O) groups excluding carboxylic acids is 1. The predicted molar refractivity (Wildman–Crippen MR) is 132 cm³/mol. The molecule has 6 nitrogen and oxygen atoms in total. The number of fused-ring (bicyclic) bond motifs is 1. The van der Waals surface area contributed by atoms with Gasteiger partial charge in [0.2, 0.25) is 5.95 Å². The van der Waals surface area contributed by atoms with Gasteiger partial charge in [-0.1, -0.05) is 26.8 Å². The molecule has 3 aromatic rings. The Bertz CT molecular complexity index is 1220. The first kappa shape index (κ1) is 25.9. The minimum Gasteiger partial charge on any atom is -0.469 e. The fraction of sp³-hybridized carbons (Fsp3) is 0.481. The van der Waals surface area contributed by atoms with E-state index in [0.29, 0.717) is 24.0 Å². The van der Waals surface area contributed by atoms with E-state index in [1.54, 1.807) is 12.1 Å². The number of imidazole rings is 1. The number of alkyl halides is 3. The Morgan fingerprint density at radius 2 is 1.89 bits per heavy atom. The lowest BCUT2D eigenvalue weighted by Gasteiger charge is -2.40. The fourth-order valence-electron chi connectivity index (χ4n) is 5.47. The number of aryl methyl sites for hydroxylation is 1. The van der Waals surface area contributed by atoms with Crippen LogP contribution in [0.15, 0.2) is 42.5 Å². The van der Waals surface area contributed by atoms with Crippen molar-refractivity contribution in [2.75, 3.05) is 12.4 Å². The third-order valence-corrected chi connectivity index (χ3v) is 6.67. The Hall–Kier alpha value is -3.23. The first-order chi connectivity index (χ1) is 16.9. The van der Waals surface area contributed by atoms with Crippen LogP contribution in [0.25, 0.3) is 11.0 Å². The molecule has 1 fully saturated rings. The van der Waals surface area contributed by atoms with E-state index >= 15 is 0 Å². The highest BCUT2D eigenvalue weighted by Crippen LogP contribution is 2.46. The zero-order chi connectivity index (χ0) is 26.1. The molecule has 0 unspecified atom stereocenters. The maximum Gasteiger partial charge on any atom is 0.573 e. The molecule has 0 bridgehead atoms. The summed E-state index contributed by atoms with van der Waals surface area (Å²) < 4.78 is 48.6. The lowest BCUT2D eigenvalue weighted by molar-refractivity contribution is -0.274. The average molecular weight is 504 g/mol. The van der Waals surface area contributed by atoms with Gasteiger partial charge in [0, 0.05) is 18.2 Å². The molecular formula is C27H32F3N3O3. The Morgan fingerprint density at radius 1 is 1.17 bits per heavy atom. The van der Waals surface area contributed by atoms with Crippen LogP contribution in [-0.2, 0) is 16.0 Å². The van der Waals surface area contributed by atoms with Crippen molar-refractivity contribution in [2.24, 2.45) is 11.3 Å². The quantitative estimate of drug-likeness (QED) is 0.346. The number of halogens is 3. The number of aromatic nitrogens is 2. The Balaban J connectivity index is 1.68. The summed E-state index contributed by atoms with van der Waals surface area (Å²) in [6.45, 7) is 6.84. The Kier molecular flexibility index (Phi) is 7.20. The number of ether oxygens (including phenoxy) is 2. The van der Waals surface area contributed by atoms with Crippen molar-refractivity contribution in [3.05, 3.63) is 48.0 Å². The summed E-state index contributed by atoms with van der Waals surface area (Å²) in [4.78, 5) is 16.5. The second-order valence-corrected chi connectivity index (χ2v) is 10.5. The molecule has 1 aliphatic rings. The molecule has 0 aliphatic heterocycles. The second-order valence-electron chi connectivity index (χ2n) is 10.5. The van der Waals surface area contributed by atoms with E-state index in [1.807, 2.05) is 18.2 Å². The molecule has 0 radical (unpaired) electrons. The van der Waals surface area contributed by atoms with Gasteiger partial charge in [0.15, 0.2) is 0 Å². The number of nitrogens with one attached hydrogen (secondary N) is 1. The minimum atomic E-state index is -4.74. The van der Waals surface area contributed by atoms with E-state index in [2.05, 4.69) is 35.4 Å². The van der Waals surface area contributed by atoms with E-state index < -0.39 is 6.36 Å². The number of hydrogen-bond acceptors (Lipinski definition) is 5.